The van der Waals surface area contributed by atoms with Crippen molar-refractivity contribution < 1.29 is 19.1 Å². The fourth-order valence-electron chi connectivity index (χ4n) is 2.87. The Morgan fingerprint density at radius 3 is 2.28 bits per heavy atom. The van der Waals surface area contributed by atoms with Crippen molar-refractivity contribution in [2.45, 2.75) is 47.1 Å². The summed E-state index contributed by atoms with van der Waals surface area (Å²) in [6, 6.07) is 3.87. The van der Waals surface area contributed by atoms with E-state index in [2.05, 4.69) is 5.32 Å². The molecule has 1 heterocycles. The molecule has 0 bridgehead atoms. The summed E-state index contributed by atoms with van der Waals surface area (Å²) in [6.45, 7) is 11.7. The van der Waals surface area contributed by atoms with Gasteiger partial charge >= 0.3 is 6.09 Å². The lowest BCUT2D eigenvalue weighted by Gasteiger charge is -2.21. The fraction of sp³-hybridized carbons (Fsp3) is 0.474. The number of rotatable bonds is 3. The number of hydrogen-bond acceptors (Lipinski definition) is 4. The molecule has 0 saturated carbocycles. The van der Waals surface area contributed by atoms with E-state index in [4.69, 9.17) is 9.47 Å². The molecule has 0 aliphatic carbocycles. The zero-order valence-corrected chi connectivity index (χ0v) is 15.9. The molecule has 2 rings (SSSR count). The van der Waals surface area contributed by atoms with Crippen molar-refractivity contribution in [1.29, 1.82) is 0 Å². The predicted molar refractivity (Wildman–Crippen MR) is 97.6 cm³/mol. The van der Waals surface area contributed by atoms with Crippen LogP contribution in [0, 0.1) is 13.8 Å². The maximum Gasteiger partial charge on any atom is 0.419 e. The maximum atomic E-state index is 13.0. The van der Waals surface area contributed by atoms with Gasteiger partial charge in [-0.2, -0.15) is 0 Å². The van der Waals surface area contributed by atoms with Gasteiger partial charge in [0.25, 0.3) is 5.91 Å². The minimum atomic E-state index is -0.622. The molecule has 0 spiro atoms. The van der Waals surface area contributed by atoms with Crippen LogP contribution in [0.3, 0.4) is 0 Å². The number of carbonyl (C=O) groups excluding carboxylic acids is 2. The first-order valence-electron chi connectivity index (χ1n) is 8.30. The monoisotopic (exact) mass is 346 g/mol. The predicted octanol–water partition coefficient (Wildman–Crippen LogP) is 3.80. The smallest absolute Gasteiger partial charge is 0.419 e. The second-order valence-corrected chi connectivity index (χ2v) is 7.04. The Bertz CT molecular complexity index is 828. The molecule has 136 valence electrons. The fourth-order valence-corrected chi connectivity index (χ4v) is 2.87. The minimum absolute atomic E-state index is 0.163. The summed E-state index contributed by atoms with van der Waals surface area (Å²) in [5.74, 6) is 0.0298. The van der Waals surface area contributed by atoms with E-state index in [-0.39, 0.29) is 11.6 Å². The molecule has 2 aromatic rings. The highest BCUT2D eigenvalue weighted by Gasteiger charge is 2.31. The van der Waals surface area contributed by atoms with Gasteiger partial charge in [0, 0.05) is 10.9 Å². The molecule has 1 aromatic heterocycles. The minimum Gasteiger partial charge on any atom is -0.491 e. The van der Waals surface area contributed by atoms with Crippen LogP contribution in [-0.2, 0) is 4.74 Å². The van der Waals surface area contributed by atoms with E-state index >= 15 is 0 Å². The molecule has 0 radical (unpaired) electrons. The third-order valence-electron chi connectivity index (χ3n) is 3.83. The lowest BCUT2D eigenvalue weighted by Crippen LogP contribution is -2.42. The van der Waals surface area contributed by atoms with Crippen molar-refractivity contribution >= 4 is 22.9 Å². The Morgan fingerprint density at radius 1 is 1.16 bits per heavy atom. The highest BCUT2D eigenvalue weighted by atomic mass is 16.5. The van der Waals surface area contributed by atoms with Crippen molar-refractivity contribution in [2.24, 2.45) is 0 Å². The number of benzene rings is 1. The Hall–Kier alpha value is -2.50. The van der Waals surface area contributed by atoms with E-state index < -0.39 is 11.6 Å². The molecule has 6 nitrogen and oxygen atoms in total. The first-order chi connectivity index (χ1) is 11.6. The third kappa shape index (κ3) is 3.48. The summed E-state index contributed by atoms with van der Waals surface area (Å²) < 4.78 is 12.1. The van der Waals surface area contributed by atoms with Crippen molar-refractivity contribution in [3.63, 3.8) is 0 Å². The number of nitrogens with zero attached hydrogens (tertiary/aromatic N) is 1. The zero-order chi connectivity index (χ0) is 18.9. The van der Waals surface area contributed by atoms with E-state index in [9.17, 15) is 9.59 Å². The van der Waals surface area contributed by atoms with Gasteiger partial charge in [0.05, 0.1) is 19.2 Å². The summed E-state index contributed by atoms with van der Waals surface area (Å²) >= 11 is 0. The van der Waals surface area contributed by atoms with Gasteiger partial charge in [0.1, 0.15) is 0 Å². The number of amides is 1. The van der Waals surface area contributed by atoms with Gasteiger partial charge in [0.15, 0.2) is 11.4 Å². The lowest BCUT2D eigenvalue weighted by molar-refractivity contribution is 0.0903. The zero-order valence-electron chi connectivity index (χ0n) is 15.9. The van der Waals surface area contributed by atoms with Gasteiger partial charge in [0.2, 0.25) is 0 Å². The van der Waals surface area contributed by atoms with Gasteiger partial charge < -0.3 is 14.8 Å². The van der Waals surface area contributed by atoms with Gasteiger partial charge in [-0.25, -0.2) is 9.36 Å². The van der Waals surface area contributed by atoms with E-state index in [0.717, 1.165) is 16.5 Å². The molecule has 1 N–H and O–H groups in total. The molecule has 0 aliphatic heterocycles. The van der Waals surface area contributed by atoms with Crippen molar-refractivity contribution in [3.05, 3.63) is 29.0 Å². The molecule has 0 saturated heterocycles. The lowest BCUT2D eigenvalue weighted by atomic mass is 10.1. The molecular weight excluding hydrogens is 320 g/mol. The average molecular weight is 346 g/mol. The van der Waals surface area contributed by atoms with Crippen LogP contribution in [0.15, 0.2) is 12.1 Å². The number of ether oxygens (including phenoxy) is 2. The van der Waals surface area contributed by atoms with Crippen LogP contribution in [0.4, 0.5) is 4.79 Å². The highest BCUT2D eigenvalue weighted by Crippen LogP contribution is 2.38. The van der Waals surface area contributed by atoms with E-state index in [0.29, 0.717) is 17.9 Å². The van der Waals surface area contributed by atoms with Crippen LogP contribution in [0.1, 0.15) is 49.3 Å². The second kappa shape index (κ2) is 6.78. The number of aromatic nitrogens is 1. The first-order valence-corrected chi connectivity index (χ1v) is 8.30. The topological polar surface area (TPSA) is 69.6 Å². The molecule has 0 unspecified atom stereocenters. The molecule has 1 aromatic carbocycles. The van der Waals surface area contributed by atoms with Crippen LogP contribution < -0.4 is 10.1 Å². The van der Waals surface area contributed by atoms with Gasteiger partial charge in [-0.3, -0.25) is 4.79 Å². The van der Waals surface area contributed by atoms with E-state index in [1.54, 1.807) is 0 Å². The van der Waals surface area contributed by atoms with E-state index in [1.807, 2.05) is 53.7 Å². The van der Waals surface area contributed by atoms with Crippen LogP contribution in [-0.4, -0.2) is 35.8 Å². The highest BCUT2D eigenvalue weighted by molar-refractivity contribution is 6.10. The Labute approximate surface area is 148 Å². The molecule has 0 aliphatic rings. The summed E-state index contributed by atoms with van der Waals surface area (Å²) in [5, 5.41) is 3.66. The summed E-state index contributed by atoms with van der Waals surface area (Å²) in [4.78, 5) is 25.5. The molecule has 6 heteroatoms. The third-order valence-corrected chi connectivity index (χ3v) is 3.83. The van der Waals surface area contributed by atoms with Crippen LogP contribution in [0.25, 0.3) is 10.9 Å². The van der Waals surface area contributed by atoms with Crippen molar-refractivity contribution in [3.8, 4) is 5.75 Å². The Balaban J connectivity index is 2.92. The molecule has 1 amide bonds. The molecule has 25 heavy (non-hydrogen) atoms. The number of hydrogen-bond donors (Lipinski definition) is 1. The summed E-state index contributed by atoms with van der Waals surface area (Å²) in [5.41, 5.74) is 2.13. The normalized spacial score (nSPS) is 11.5. The van der Waals surface area contributed by atoms with Crippen LogP contribution in [0.5, 0.6) is 5.75 Å². The standard InChI is InChI=1S/C19H26N2O4/c1-8-25-16-13-11(2)9-10-12(3)14(13)21(18(23)24-7)15(16)17(22)20-19(4,5)6/h9-10H,8H2,1-7H3,(H,20,22). The second-order valence-electron chi connectivity index (χ2n) is 7.04. The number of methoxy groups -OCH3 is 1. The van der Waals surface area contributed by atoms with Crippen molar-refractivity contribution in [1.82, 2.24) is 9.88 Å². The molecular formula is C19H26N2O4. The molecule has 0 atom stereocenters. The number of carbonyl (C=O) groups is 2. The van der Waals surface area contributed by atoms with Gasteiger partial charge in [-0.1, -0.05) is 12.1 Å². The van der Waals surface area contributed by atoms with Gasteiger partial charge in [-0.15, -0.1) is 0 Å². The number of aryl methyl sites for hydroxylation is 2. The quantitative estimate of drug-likeness (QED) is 0.918. The summed E-state index contributed by atoms with van der Waals surface area (Å²) in [7, 11) is 1.30. The van der Waals surface area contributed by atoms with E-state index in [1.165, 1.54) is 11.7 Å². The Morgan fingerprint density at radius 2 is 1.76 bits per heavy atom. The average Bonchev–Trinajstić information content (AvgIpc) is 2.85. The molecule has 0 fully saturated rings. The SMILES string of the molecule is CCOc1c(C(=O)NC(C)(C)C)n(C(=O)OC)c2c(C)ccc(C)c12. The van der Waals surface area contributed by atoms with Crippen LogP contribution in [0.2, 0.25) is 0 Å². The summed E-state index contributed by atoms with van der Waals surface area (Å²) in [6.07, 6.45) is -0.622. The number of fused-ring (bicyclic) bond motifs is 1. The Kier molecular flexibility index (Phi) is 5.11. The van der Waals surface area contributed by atoms with Crippen molar-refractivity contribution in [2.75, 3.05) is 13.7 Å². The largest absolute Gasteiger partial charge is 0.491 e. The van der Waals surface area contributed by atoms with Gasteiger partial charge in [-0.05, 0) is 52.7 Å². The number of nitrogens with one attached hydrogen (secondary N) is 1. The maximum absolute atomic E-state index is 13.0. The first kappa shape index (κ1) is 18.8. The van der Waals surface area contributed by atoms with Crippen LogP contribution >= 0.6 is 0 Å².